The molecule has 238 valence electrons. The van der Waals surface area contributed by atoms with E-state index in [1.807, 2.05) is 0 Å². The van der Waals surface area contributed by atoms with Crippen LogP contribution in [0.25, 0.3) is 0 Å². The summed E-state index contributed by atoms with van der Waals surface area (Å²) < 4.78 is 77.8. The Morgan fingerprint density at radius 1 is 0.833 bits per heavy atom. The number of carboxylic acid groups (broad SMARTS) is 1. The predicted molar refractivity (Wildman–Crippen MR) is 143 cm³/mol. The highest BCUT2D eigenvalue weighted by atomic mass is 19.2. The standard InChI is InChI=1S/C28H40F5N3O6/c1-12(2)9-14(36-25(41)42-26(5,6)7)23(38)27(8,35)11-16(37)28(24(39)40,15(34)10-13(3)4)17-18(29)20(31)22(33)21(32)19(17)30/h12-15H,9-11,34-35H2,1-8H3,(H,36,41)(H,39,40)/t14?,15-,27-,28?/m0/s1. The lowest BCUT2D eigenvalue weighted by molar-refractivity contribution is -0.152. The normalized spacial score (nSPS) is 16.4. The maximum Gasteiger partial charge on any atom is 0.408 e. The first kappa shape index (κ1) is 36.9. The van der Waals surface area contributed by atoms with Crippen molar-refractivity contribution in [2.75, 3.05) is 0 Å². The molecule has 0 bridgehead atoms. The molecule has 4 atom stereocenters. The minimum Gasteiger partial charge on any atom is -0.480 e. The molecule has 9 nitrogen and oxygen atoms in total. The van der Waals surface area contributed by atoms with Crippen LogP contribution in [0, 0.1) is 40.9 Å². The highest BCUT2D eigenvalue weighted by molar-refractivity contribution is 6.12. The number of ketones is 2. The number of alkyl carbamates (subject to hydrolysis) is 1. The van der Waals surface area contributed by atoms with Gasteiger partial charge in [-0.25, -0.2) is 26.7 Å². The van der Waals surface area contributed by atoms with Crippen molar-refractivity contribution >= 4 is 23.6 Å². The molecule has 42 heavy (non-hydrogen) atoms. The van der Waals surface area contributed by atoms with Crippen LogP contribution >= 0.6 is 0 Å². The van der Waals surface area contributed by atoms with Crippen molar-refractivity contribution in [1.82, 2.24) is 5.32 Å². The van der Waals surface area contributed by atoms with Crippen molar-refractivity contribution < 1.29 is 51.0 Å². The van der Waals surface area contributed by atoms with Gasteiger partial charge in [0.1, 0.15) is 5.60 Å². The van der Waals surface area contributed by atoms with E-state index in [2.05, 4.69) is 5.32 Å². The quantitative estimate of drug-likeness (QED) is 0.112. The number of aliphatic carboxylic acids is 1. The first-order chi connectivity index (χ1) is 18.9. The lowest BCUT2D eigenvalue weighted by Crippen LogP contribution is -2.63. The molecule has 1 aromatic rings. The zero-order valence-electron chi connectivity index (χ0n) is 25.0. The summed E-state index contributed by atoms with van der Waals surface area (Å²) in [7, 11) is 0. The highest BCUT2D eigenvalue weighted by Gasteiger charge is 2.58. The van der Waals surface area contributed by atoms with Gasteiger partial charge in [0.2, 0.25) is 5.82 Å². The highest BCUT2D eigenvalue weighted by Crippen LogP contribution is 2.40. The van der Waals surface area contributed by atoms with Gasteiger partial charge >= 0.3 is 12.1 Å². The Hall–Kier alpha value is -3.13. The topological polar surface area (TPSA) is 162 Å². The van der Waals surface area contributed by atoms with E-state index in [0.29, 0.717) is 0 Å². The number of benzene rings is 1. The molecular formula is C28H40F5N3O6. The number of Topliss-reactive ketones (excluding diaryl/α,β-unsaturated/α-hetero) is 2. The number of nitrogens with one attached hydrogen (secondary N) is 1. The second kappa shape index (κ2) is 13.4. The smallest absolute Gasteiger partial charge is 0.408 e. The molecule has 0 saturated heterocycles. The number of hydrogen-bond donors (Lipinski definition) is 4. The van der Waals surface area contributed by atoms with Crippen LogP contribution in [0.3, 0.4) is 0 Å². The van der Waals surface area contributed by atoms with E-state index in [1.54, 1.807) is 34.6 Å². The minimum atomic E-state index is -3.54. The molecule has 0 fully saturated rings. The number of carbonyl (C=O) groups excluding carboxylic acids is 3. The third kappa shape index (κ3) is 8.03. The van der Waals surface area contributed by atoms with E-state index in [4.69, 9.17) is 16.2 Å². The Balaban J connectivity index is 3.80. The molecule has 0 aliphatic carbocycles. The van der Waals surface area contributed by atoms with Gasteiger partial charge < -0.3 is 26.6 Å². The van der Waals surface area contributed by atoms with Crippen LogP contribution in [0.15, 0.2) is 0 Å². The number of halogens is 5. The van der Waals surface area contributed by atoms with E-state index in [9.17, 15) is 37.5 Å². The molecule has 0 saturated carbocycles. The van der Waals surface area contributed by atoms with Gasteiger partial charge in [0.15, 0.2) is 40.3 Å². The van der Waals surface area contributed by atoms with Crippen LogP contribution in [0.1, 0.15) is 80.2 Å². The van der Waals surface area contributed by atoms with Crippen molar-refractivity contribution in [3.05, 3.63) is 34.6 Å². The summed E-state index contributed by atoms with van der Waals surface area (Å²) in [5.74, 6) is -18.3. The van der Waals surface area contributed by atoms with Crippen LogP contribution in [0.5, 0.6) is 0 Å². The number of carbonyl (C=O) groups is 4. The average Bonchev–Trinajstić information content (AvgIpc) is 2.80. The van der Waals surface area contributed by atoms with Crippen molar-refractivity contribution in [3.63, 3.8) is 0 Å². The van der Waals surface area contributed by atoms with Crippen LogP contribution < -0.4 is 16.8 Å². The van der Waals surface area contributed by atoms with E-state index in [1.165, 1.54) is 13.8 Å². The van der Waals surface area contributed by atoms with Gasteiger partial charge in [-0.3, -0.25) is 14.4 Å². The van der Waals surface area contributed by atoms with Crippen LogP contribution in [0.2, 0.25) is 0 Å². The van der Waals surface area contributed by atoms with Crippen molar-refractivity contribution in [3.8, 4) is 0 Å². The molecule has 14 heteroatoms. The minimum absolute atomic E-state index is 0.00632. The SMILES string of the molecule is CC(C)CC(NC(=O)OC(C)(C)C)C(=O)[C@@](C)(N)CC(=O)C(C(=O)O)(c1c(F)c(F)c(F)c(F)c1F)[C@@H](N)CC(C)C. The summed E-state index contributed by atoms with van der Waals surface area (Å²) in [5.41, 5.74) is 3.46. The van der Waals surface area contributed by atoms with Crippen molar-refractivity contribution in [1.29, 1.82) is 0 Å². The summed E-state index contributed by atoms with van der Waals surface area (Å²) >= 11 is 0. The Bertz CT molecular complexity index is 1190. The maximum atomic E-state index is 15.1. The predicted octanol–water partition coefficient (Wildman–Crippen LogP) is 4.26. The fourth-order valence-corrected chi connectivity index (χ4v) is 4.66. The molecule has 0 aliphatic heterocycles. The van der Waals surface area contributed by atoms with Crippen molar-refractivity contribution in [2.24, 2.45) is 23.3 Å². The zero-order chi connectivity index (χ0) is 33.1. The van der Waals surface area contributed by atoms with Gasteiger partial charge in [-0.2, -0.15) is 0 Å². The molecule has 0 radical (unpaired) electrons. The summed E-state index contributed by atoms with van der Waals surface area (Å²) in [6.45, 7) is 12.2. The van der Waals surface area contributed by atoms with Crippen LogP contribution in [0.4, 0.5) is 26.7 Å². The fraction of sp³-hybridized carbons (Fsp3) is 0.643. The molecule has 2 unspecified atom stereocenters. The Morgan fingerprint density at radius 2 is 1.26 bits per heavy atom. The van der Waals surface area contributed by atoms with Gasteiger partial charge in [-0.05, 0) is 52.4 Å². The van der Waals surface area contributed by atoms with E-state index in [-0.39, 0.29) is 12.3 Å². The summed E-state index contributed by atoms with van der Waals surface area (Å²) in [4.78, 5) is 52.6. The Labute approximate surface area is 241 Å². The molecule has 6 N–H and O–H groups in total. The molecule has 0 spiro atoms. The third-order valence-electron chi connectivity index (χ3n) is 6.47. The lowest BCUT2D eigenvalue weighted by Gasteiger charge is -2.38. The molecular weight excluding hydrogens is 569 g/mol. The fourth-order valence-electron chi connectivity index (χ4n) is 4.66. The number of amides is 1. The number of rotatable bonds is 13. The lowest BCUT2D eigenvalue weighted by atomic mass is 9.65. The van der Waals surface area contributed by atoms with Gasteiger partial charge in [-0.1, -0.05) is 27.7 Å². The van der Waals surface area contributed by atoms with E-state index >= 15 is 8.78 Å². The first-order valence-electron chi connectivity index (χ1n) is 13.3. The van der Waals surface area contributed by atoms with Gasteiger partial charge in [-0.15, -0.1) is 0 Å². The molecule has 0 aromatic heterocycles. The van der Waals surface area contributed by atoms with Gasteiger partial charge in [0, 0.05) is 12.5 Å². The van der Waals surface area contributed by atoms with Gasteiger partial charge in [0.25, 0.3) is 0 Å². The van der Waals surface area contributed by atoms with Crippen LogP contribution in [-0.4, -0.2) is 52.0 Å². The third-order valence-corrected chi connectivity index (χ3v) is 6.47. The van der Waals surface area contributed by atoms with E-state index in [0.717, 1.165) is 6.92 Å². The van der Waals surface area contributed by atoms with Gasteiger partial charge in [0.05, 0.1) is 17.1 Å². The number of carboxylic acids is 1. The second-order valence-corrected chi connectivity index (χ2v) is 12.5. The second-order valence-electron chi connectivity index (χ2n) is 12.5. The van der Waals surface area contributed by atoms with E-state index < -0.39 is 106 Å². The summed E-state index contributed by atoms with van der Waals surface area (Å²) in [6, 6.07) is -3.38. The average molecular weight is 610 g/mol. The summed E-state index contributed by atoms with van der Waals surface area (Å²) in [6.07, 6.45) is -2.67. The Morgan fingerprint density at radius 3 is 1.64 bits per heavy atom. The molecule has 1 amide bonds. The molecule has 1 aromatic carbocycles. The summed E-state index contributed by atoms with van der Waals surface area (Å²) in [5, 5.41) is 12.6. The maximum absolute atomic E-state index is 15.1. The van der Waals surface area contributed by atoms with Crippen molar-refractivity contribution in [2.45, 2.75) is 103 Å². The molecule has 0 aliphatic rings. The largest absolute Gasteiger partial charge is 0.480 e. The number of nitrogens with two attached hydrogens (primary N) is 2. The molecule has 1 rings (SSSR count). The van der Waals surface area contributed by atoms with Crippen LogP contribution in [-0.2, 0) is 24.5 Å². The monoisotopic (exact) mass is 609 g/mol. The Kier molecular flexibility index (Phi) is 11.8. The number of hydrogen-bond acceptors (Lipinski definition) is 7. The first-order valence-corrected chi connectivity index (χ1v) is 13.3. The molecule has 0 heterocycles. The zero-order valence-corrected chi connectivity index (χ0v) is 25.0. The number of ether oxygens (including phenoxy) is 1.